The molecule has 152 valence electrons. The lowest BCUT2D eigenvalue weighted by Gasteiger charge is -2.11. The van der Waals surface area contributed by atoms with Crippen LogP contribution in [0.1, 0.15) is 23.1 Å². The fourth-order valence-corrected chi connectivity index (χ4v) is 3.78. The highest BCUT2D eigenvalue weighted by molar-refractivity contribution is 7.89. The maximum atomic E-state index is 12.4. The van der Waals surface area contributed by atoms with Crippen molar-refractivity contribution in [2.45, 2.75) is 32.1 Å². The summed E-state index contributed by atoms with van der Waals surface area (Å²) in [6.45, 7) is 5.62. The molecular formula is C20H22N4O4S. The van der Waals surface area contributed by atoms with Gasteiger partial charge in [0.2, 0.25) is 28.2 Å². The molecule has 0 spiro atoms. The number of carbonyl (C=O) groups excluding carboxylic acids is 1. The van der Waals surface area contributed by atoms with E-state index in [2.05, 4.69) is 20.2 Å². The average molecular weight is 414 g/mol. The quantitative estimate of drug-likeness (QED) is 0.614. The molecule has 0 radical (unpaired) electrons. The third-order valence-corrected chi connectivity index (χ3v) is 6.01. The number of benzene rings is 2. The van der Waals surface area contributed by atoms with Crippen molar-refractivity contribution >= 4 is 21.6 Å². The minimum atomic E-state index is -3.67. The molecule has 0 aliphatic rings. The second kappa shape index (κ2) is 8.54. The van der Waals surface area contributed by atoms with Gasteiger partial charge in [0.15, 0.2) is 0 Å². The van der Waals surface area contributed by atoms with E-state index in [1.807, 2.05) is 32.9 Å². The molecule has 3 rings (SSSR count). The molecule has 2 aromatic carbocycles. The van der Waals surface area contributed by atoms with E-state index in [1.165, 1.54) is 6.39 Å². The van der Waals surface area contributed by atoms with Crippen LogP contribution in [0.3, 0.4) is 0 Å². The number of hydrogen-bond acceptors (Lipinski definition) is 6. The third kappa shape index (κ3) is 5.07. The SMILES string of the molecule is Cc1ccc(S(=O)(=O)NCCC(=O)Nc2cc(-c3nnco3)ccc2C)cc1C. The normalized spacial score (nSPS) is 11.4. The van der Waals surface area contributed by atoms with E-state index in [4.69, 9.17) is 4.42 Å². The maximum Gasteiger partial charge on any atom is 0.247 e. The molecule has 8 nitrogen and oxygen atoms in total. The molecule has 0 aliphatic carbocycles. The summed E-state index contributed by atoms with van der Waals surface area (Å²) >= 11 is 0. The summed E-state index contributed by atoms with van der Waals surface area (Å²) < 4.78 is 32.4. The van der Waals surface area contributed by atoms with Gasteiger partial charge in [0.25, 0.3) is 0 Å². The Morgan fingerprint density at radius 1 is 1.03 bits per heavy atom. The Kier molecular flexibility index (Phi) is 6.09. The van der Waals surface area contributed by atoms with Crippen molar-refractivity contribution < 1.29 is 17.6 Å². The zero-order valence-electron chi connectivity index (χ0n) is 16.4. The first-order valence-electron chi connectivity index (χ1n) is 9.00. The van der Waals surface area contributed by atoms with E-state index < -0.39 is 10.0 Å². The Labute approximate surface area is 169 Å². The molecule has 0 aliphatic heterocycles. The van der Waals surface area contributed by atoms with E-state index in [9.17, 15) is 13.2 Å². The fraction of sp³-hybridized carbons (Fsp3) is 0.250. The number of rotatable bonds is 7. The molecule has 3 aromatic rings. The summed E-state index contributed by atoms with van der Waals surface area (Å²) in [4.78, 5) is 12.5. The lowest BCUT2D eigenvalue weighted by Crippen LogP contribution is -2.28. The Hall–Kier alpha value is -3.04. The maximum absolute atomic E-state index is 12.4. The van der Waals surface area contributed by atoms with Crippen LogP contribution in [0.5, 0.6) is 0 Å². The van der Waals surface area contributed by atoms with E-state index in [0.29, 0.717) is 17.1 Å². The lowest BCUT2D eigenvalue weighted by atomic mass is 10.1. The van der Waals surface area contributed by atoms with Gasteiger partial charge in [-0.1, -0.05) is 12.1 Å². The minimum Gasteiger partial charge on any atom is -0.423 e. The molecule has 1 aromatic heterocycles. The van der Waals surface area contributed by atoms with Gasteiger partial charge in [0, 0.05) is 24.2 Å². The molecular weight excluding hydrogens is 392 g/mol. The van der Waals surface area contributed by atoms with Gasteiger partial charge in [-0.3, -0.25) is 4.79 Å². The Bertz CT molecular complexity index is 1130. The zero-order valence-corrected chi connectivity index (χ0v) is 17.2. The van der Waals surface area contributed by atoms with Crippen molar-refractivity contribution in [2.75, 3.05) is 11.9 Å². The average Bonchev–Trinajstić information content (AvgIpc) is 3.20. The Morgan fingerprint density at radius 2 is 1.79 bits per heavy atom. The summed E-state index contributed by atoms with van der Waals surface area (Å²) in [6, 6.07) is 10.3. The number of aryl methyl sites for hydroxylation is 3. The molecule has 2 N–H and O–H groups in total. The largest absolute Gasteiger partial charge is 0.423 e. The molecule has 0 saturated heterocycles. The summed E-state index contributed by atoms with van der Waals surface area (Å²) in [6.07, 6.45) is 1.23. The zero-order chi connectivity index (χ0) is 21.0. The van der Waals surface area contributed by atoms with Gasteiger partial charge in [-0.2, -0.15) is 0 Å². The number of nitrogens with one attached hydrogen (secondary N) is 2. The highest BCUT2D eigenvalue weighted by atomic mass is 32.2. The topological polar surface area (TPSA) is 114 Å². The molecule has 1 amide bonds. The number of aromatic nitrogens is 2. The second-order valence-corrected chi connectivity index (χ2v) is 8.48. The van der Waals surface area contributed by atoms with Crippen molar-refractivity contribution in [3.8, 4) is 11.5 Å². The van der Waals surface area contributed by atoms with Gasteiger partial charge in [-0.15, -0.1) is 10.2 Å². The van der Waals surface area contributed by atoms with Gasteiger partial charge in [0.05, 0.1) is 4.90 Å². The number of carbonyl (C=O) groups is 1. The van der Waals surface area contributed by atoms with Gasteiger partial charge >= 0.3 is 0 Å². The third-order valence-electron chi connectivity index (χ3n) is 4.55. The highest BCUT2D eigenvalue weighted by Crippen LogP contribution is 2.24. The fourth-order valence-electron chi connectivity index (χ4n) is 2.66. The van der Waals surface area contributed by atoms with E-state index in [0.717, 1.165) is 16.7 Å². The number of nitrogens with zero attached hydrogens (tertiary/aromatic N) is 2. The van der Waals surface area contributed by atoms with Crippen LogP contribution in [-0.4, -0.2) is 31.1 Å². The molecule has 0 bridgehead atoms. The van der Waals surface area contributed by atoms with Crippen LogP contribution in [-0.2, 0) is 14.8 Å². The second-order valence-electron chi connectivity index (χ2n) is 6.72. The monoisotopic (exact) mass is 414 g/mol. The van der Waals surface area contributed by atoms with Crippen LogP contribution in [0.2, 0.25) is 0 Å². The molecule has 0 atom stereocenters. The first-order valence-corrected chi connectivity index (χ1v) is 10.5. The number of amides is 1. The van der Waals surface area contributed by atoms with Crippen LogP contribution in [0.15, 0.2) is 52.1 Å². The molecule has 0 unspecified atom stereocenters. The molecule has 9 heteroatoms. The minimum absolute atomic E-state index is 0.00566. The Morgan fingerprint density at radius 3 is 2.48 bits per heavy atom. The summed E-state index contributed by atoms with van der Waals surface area (Å²) in [5.41, 5.74) is 4.04. The van der Waals surface area contributed by atoms with Crippen molar-refractivity contribution in [2.24, 2.45) is 0 Å². The number of sulfonamides is 1. The van der Waals surface area contributed by atoms with Crippen LogP contribution >= 0.6 is 0 Å². The smallest absolute Gasteiger partial charge is 0.247 e. The van der Waals surface area contributed by atoms with Crippen molar-refractivity contribution in [3.05, 3.63) is 59.5 Å². The van der Waals surface area contributed by atoms with E-state index in [1.54, 1.807) is 24.3 Å². The van der Waals surface area contributed by atoms with Crippen molar-refractivity contribution in [1.82, 2.24) is 14.9 Å². The first kappa shape index (κ1) is 20.7. The number of hydrogen-bond donors (Lipinski definition) is 2. The van der Waals surface area contributed by atoms with E-state index >= 15 is 0 Å². The van der Waals surface area contributed by atoms with Crippen LogP contribution < -0.4 is 10.0 Å². The molecule has 1 heterocycles. The standard InChI is InChI=1S/C20H22N4O4S/c1-13-5-7-17(10-15(13)3)29(26,27)22-9-8-19(25)23-18-11-16(6-4-14(18)2)20-24-21-12-28-20/h4-7,10-12,22H,8-9H2,1-3H3,(H,23,25). The predicted octanol–water partition coefficient (Wildman–Crippen LogP) is 2.97. The van der Waals surface area contributed by atoms with Gasteiger partial charge in [-0.25, -0.2) is 13.1 Å². The van der Waals surface area contributed by atoms with Crippen LogP contribution in [0, 0.1) is 20.8 Å². The van der Waals surface area contributed by atoms with Crippen molar-refractivity contribution in [3.63, 3.8) is 0 Å². The van der Waals surface area contributed by atoms with Crippen LogP contribution in [0.4, 0.5) is 5.69 Å². The summed E-state index contributed by atoms with van der Waals surface area (Å²) in [5.74, 6) is 0.0419. The van der Waals surface area contributed by atoms with Gasteiger partial charge in [0.1, 0.15) is 0 Å². The summed E-state index contributed by atoms with van der Waals surface area (Å²) in [7, 11) is -3.67. The van der Waals surface area contributed by atoms with Gasteiger partial charge in [-0.05, 0) is 61.7 Å². The molecule has 0 saturated carbocycles. The van der Waals surface area contributed by atoms with Gasteiger partial charge < -0.3 is 9.73 Å². The Balaban J connectivity index is 1.60. The first-order chi connectivity index (χ1) is 13.8. The highest BCUT2D eigenvalue weighted by Gasteiger charge is 2.15. The van der Waals surface area contributed by atoms with Crippen molar-refractivity contribution in [1.29, 1.82) is 0 Å². The molecule has 29 heavy (non-hydrogen) atoms. The number of anilines is 1. The molecule has 0 fully saturated rings. The van der Waals surface area contributed by atoms with E-state index in [-0.39, 0.29) is 23.8 Å². The lowest BCUT2D eigenvalue weighted by molar-refractivity contribution is -0.116. The predicted molar refractivity (Wildman–Crippen MR) is 109 cm³/mol. The van der Waals surface area contributed by atoms with Crippen LogP contribution in [0.25, 0.3) is 11.5 Å². The summed E-state index contributed by atoms with van der Waals surface area (Å²) in [5, 5.41) is 10.3.